The van der Waals surface area contributed by atoms with Crippen LogP contribution in [0, 0.1) is 19.3 Å². The van der Waals surface area contributed by atoms with Gasteiger partial charge < -0.3 is 10.2 Å². The summed E-state index contributed by atoms with van der Waals surface area (Å²) < 4.78 is 0. The van der Waals surface area contributed by atoms with Crippen molar-refractivity contribution in [1.82, 2.24) is 4.90 Å². The fourth-order valence-electron chi connectivity index (χ4n) is 2.99. The van der Waals surface area contributed by atoms with E-state index in [1.165, 1.54) is 0 Å². The fraction of sp³-hybridized carbons (Fsp3) is 0.556. The fourth-order valence-corrected chi connectivity index (χ4v) is 2.99. The van der Waals surface area contributed by atoms with Crippen LogP contribution in [0.4, 0.5) is 5.69 Å². The summed E-state index contributed by atoms with van der Waals surface area (Å²) in [5.41, 5.74) is 2.58. The molecule has 0 aliphatic carbocycles. The molecule has 0 spiro atoms. The van der Waals surface area contributed by atoms with Crippen LogP contribution in [0.25, 0.3) is 0 Å². The van der Waals surface area contributed by atoms with Crippen molar-refractivity contribution in [3.63, 3.8) is 0 Å². The third-order valence-electron chi connectivity index (χ3n) is 3.95. The standard InChI is InChI=1S/C18H26N2O2/c1-12-9-13(2)11-14(10-12)19-16(21)15-7-6-8-20(15)17(22)18(3,4)5/h9-11,15H,6-8H2,1-5H3,(H,19,21)/t15-/m0/s1. The van der Waals surface area contributed by atoms with Gasteiger partial charge in [0.2, 0.25) is 11.8 Å². The molecule has 0 unspecified atom stereocenters. The Labute approximate surface area is 132 Å². The number of nitrogens with one attached hydrogen (secondary N) is 1. The molecule has 4 heteroatoms. The van der Waals surface area contributed by atoms with Crippen LogP contribution in [0.5, 0.6) is 0 Å². The first kappa shape index (κ1) is 16.5. The Morgan fingerprint density at radius 1 is 1.14 bits per heavy atom. The maximum atomic E-state index is 12.6. The number of hydrogen-bond acceptors (Lipinski definition) is 2. The molecule has 0 radical (unpaired) electrons. The van der Waals surface area contributed by atoms with Crippen LogP contribution in [0.1, 0.15) is 44.7 Å². The summed E-state index contributed by atoms with van der Waals surface area (Å²) in [5.74, 6) is -0.0364. The van der Waals surface area contributed by atoms with Crippen molar-refractivity contribution in [3.8, 4) is 0 Å². The third kappa shape index (κ3) is 3.67. The minimum atomic E-state index is -0.456. The number of amides is 2. The Balaban J connectivity index is 2.13. The zero-order valence-electron chi connectivity index (χ0n) is 14.2. The van der Waals surface area contributed by atoms with Crippen molar-refractivity contribution < 1.29 is 9.59 Å². The van der Waals surface area contributed by atoms with Crippen molar-refractivity contribution in [3.05, 3.63) is 29.3 Å². The molecule has 1 aromatic carbocycles. The maximum Gasteiger partial charge on any atom is 0.247 e. The summed E-state index contributed by atoms with van der Waals surface area (Å²) in [7, 11) is 0. The number of carbonyl (C=O) groups excluding carboxylic acids is 2. The van der Waals surface area contributed by atoms with Gasteiger partial charge in [-0.05, 0) is 49.9 Å². The number of hydrogen-bond donors (Lipinski definition) is 1. The molecule has 2 rings (SSSR count). The van der Waals surface area contributed by atoms with E-state index in [2.05, 4.69) is 11.4 Å². The van der Waals surface area contributed by atoms with E-state index < -0.39 is 5.41 Å². The zero-order chi connectivity index (χ0) is 16.5. The maximum absolute atomic E-state index is 12.6. The first-order chi connectivity index (χ1) is 10.2. The van der Waals surface area contributed by atoms with Crippen LogP contribution >= 0.6 is 0 Å². The summed E-state index contributed by atoms with van der Waals surface area (Å²) in [4.78, 5) is 26.8. The van der Waals surface area contributed by atoms with Crippen LogP contribution < -0.4 is 5.32 Å². The Kier molecular flexibility index (Phi) is 4.59. The molecule has 1 heterocycles. The highest BCUT2D eigenvalue weighted by molar-refractivity contribution is 5.98. The zero-order valence-corrected chi connectivity index (χ0v) is 14.2. The van der Waals surface area contributed by atoms with Crippen molar-refractivity contribution >= 4 is 17.5 Å². The van der Waals surface area contributed by atoms with Gasteiger partial charge in [0.15, 0.2) is 0 Å². The lowest BCUT2D eigenvalue weighted by atomic mass is 9.94. The van der Waals surface area contributed by atoms with Gasteiger partial charge in [0.1, 0.15) is 6.04 Å². The molecular formula is C18H26N2O2. The summed E-state index contributed by atoms with van der Waals surface area (Å²) >= 11 is 0. The first-order valence-electron chi connectivity index (χ1n) is 7.89. The molecule has 1 aliphatic rings. The molecule has 1 N–H and O–H groups in total. The summed E-state index contributed by atoms with van der Waals surface area (Å²) in [6, 6.07) is 5.62. The van der Waals surface area contributed by atoms with Crippen LogP contribution in [0.2, 0.25) is 0 Å². The number of benzene rings is 1. The van der Waals surface area contributed by atoms with Gasteiger partial charge in [-0.2, -0.15) is 0 Å². The van der Waals surface area contributed by atoms with E-state index in [4.69, 9.17) is 0 Å². The summed E-state index contributed by atoms with van der Waals surface area (Å²) in [5, 5.41) is 2.97. The van der Waals surface area contributed by atoms with E-state index in [-0.39, 0.29) is 17.9 Å². The van der Waals surface area contributed by atoms with Crippen LogP contribution in [-0.4, -0.2) is 29.3 Å². The average Bonchev–Trinajstić information content (AvgIpc) is 2.84. The average molecular weight is 302 g/mol. The molecule has 1 aliphatic heterocycles. The summed E-state index contributed by atoms with van der Waals surface area (Å²) in [6.45, 7) is 10.4. The topological polar surface area (TPSA) is 49.4 Å². The summed E-state index contributed by atoms with van der Waals surface area (Å²) in [6.07, 6.45) is 1.62. The van der Waals surface area contributed by atoms with Gasteiger partial charge in [-0.25, -0.2) is 0 Å². The molecule has 1 atom stereocenters. The normalized spacial score (nSPS) is 18.4. The number of anilines is 1. The molecule has 0 aromatic heterocycles. The van der Waals surface area contributed by atoms with Gasteiger partial charge in [-0.15, -0.1) is 0 Å². The third-order valence-corrected chi connectivity index (χ3v) is 3.95. The number of likely N-dealkylation sites (tertiary alicyclic amines) is 1. The van der Waals surface area contributed by atoms with E-state index in [0.717, 1.165) is 29.7 Å². The molecule has 4 nitrogen and oxygen atoms in total. The molecule has 1 saturated heterocycles. The van der Waals surface area contributed by atoms with Gasteiger partial charge in [-0.1, -0.05) is 26.8 Å². The highest BCUT2D eigenvalue weighted by Gasteiger charge is 2.38. The van der Waals surface area contributed by atoms with Crippen LogP contribution in [0.3, 0.4) is 0 Å². The number of rotatable bonds is 2. The van der Waals surface area contributed by atoms with Crippen molar-refractivity contribution in [2.24, 2.45) is 5.41 Å². The number of nitrogens with zero attached hydrogens (tertiary/aromatic N) is 1. The Morgan fingerprint density at radius 3 is 2.27 bits per heavy atom. The van der Waals surface area contributed by atoms with Gasteiger partial charge in [-0.3, -0.25) is 9.59 Å². The monoisotopic (exact) mass is 302 g/mol. The first-order valence-corrected chi connectivity index (χ1v) is 7.89. The highest BCUT2D eigenvalue weighted by Crippen LogP contribution is 2.26. The largest absolute Gasteiger partial charge is 0.330 e. The second-order valence-corrected chi connectivity index (χ2v) is 7.27. The smallest absolute Gasteiger partial charge is 0.247 e. The Bertz CT molecular complexity index is 567. The van der Waals surface area contributed by atoms with Crippen molar-refractivity contribution in [2.45, 2.75) is 53.5 Å². The van der Waals surface area contributed by atoms with E-state index in [0.29, 0.717) is 6.54 Å². The minimum Gasteiger partial charge on any atom is -0.330 e. The molecule has 120 valence electrons. The molecule has 1 aromatic rings. The van der Waals surface area contributed by atoms with Crippen molar-refractivity contribution in [1.29, 1.82) is 0 Å². The number of carbonyl (C=O) groups is 2. The van der Waals surface area contributed by atoms with Gasteiger partial charge >= 0.3 is 0 Å². The molecule has 1 fully saturated rings. The quantitative estimate of drug-likeness (QED) is 0.911. The van der Waals surface area contributed by atoms with Crippen molar-refractivity contribution in [2.75, 3.05) is 11.9 Å². The lowest BCUT2D eigenvalue weighted by Crippen LogP contribution is -2.47. The second-order valence-electron chi connectivity index (χ2n) is 7.27. The molecule has 2 amide bonds. The van der Waals surface area contributed by atoms with Crippen LogP contribution in [-0.2, 0) is 9.59 Å². The van der Waals surface area contributed by atoms with E-state index in [1.807, 2.05) is 46.8 Å². The van der Waals surface area contributed by atoms with Gasteiger partial charge in [0, 0.05) is 17.6 Å². The Hall–Kier alpha value is -1.84. The van der Waals surface area contributed by atoms with Crippen LogP contribution in [0.15, 0.2) is 18.2 Å². The second kappa shape index (κ2) is 6.11. The molecular weight excluding hydrogens is 276 g/mol. The van der Waals surface area contributed by atoms with E-state index in [1.54, 1.807) is 4.90 Å². The predicted molar refractivity (Wildman–Crippen MR) is 88.7 cm³/mol. The Morgan fingerprint density at radius 2 is 1.73 bits per heavy atom. The minimum absolute atomic E-state index is 0.0468. The predicted octanol–water partition coefficient (Wildman–Crippen LogP) is 3.28. The van der Waals surface area contributed by atoms with Gasteiger partial charge in [0.25, 0.3) is 0 Å². The number of aryl methyl sites for hydroxylation is 2. The van der Waals surface area contributed by atoms with Gasteiger partial charge in [0.05, 0.1) is 0 Å². The molecule has 0 saturated carbocycles. The molecule has 22 heavy (non-hydrogen) atoms. The lowest BCUT2D eigenvalue weighted by molar-refractivity contribution is -0.143. The molecule has 0 bridgehead atoms. The lowest BCUT2D eigenvalue weighted by Gasteiger charge is -2.30. The van der Waals surface area contributed by atoms with E-state index >= 15 is 0 Å². The SMILES string of the molecule is Cc1cc(C)cc(NC(=O)[C@@H]2CCCN2C(=O)C(C)(C)C)c1. The highest BCUT2D eigenvalue weighted by atomic mass is 16.2. The van der Waals surface area contributed by atoms with E-state index in [9.17, 15) is 9.59 Å².